The third-order valence-electron chi connectivity index (χ3n) is 2.91. The summed E-state index contributed by atoms with van der Waals surface area (Å²) in [4.78, 5) is 11.5. The van der Waals surface area contributed by atoms with Crippen LogP contribution in [0.25, 0.3) is 0 Å². The summed E-state index contributed by atoms with van der Waals surface area (Å²) >= 11 is 3.27. The molecule has 1 aromatic rings. The fourth-order valence-corrected chi connectivity index (χ4v) is 2.12. The SMILES string of the molecule is O=C(CNCC1CC1)NCc1ccc(F)cc1Br. The zero-order valence-corrected chi connectivity index (χ0v) is 11.6. The summed E-state index contributed by atoms with van der Waals surface area (Å²) in [7, 11) is 0. The predicted octanol–water partition coefficient (Wildman–Crippen LogP) is 2.20. The highest BCUT2D eigenvalue weighted by Gasteiger charge is 2.20. The minimum absolute atomic E-state index is 0.0353. The van der Waals surface area contributed by atoms with Gasteiger partial charge in [0.05, 0.1) is 6.54 Å². The Balaban J connectivity index is 1.70. The van der Waals surface area contributed by atoms with Gasteiger partial charge in [0, 0.05) is 11.0 Å². The van der Waals surface area contributed by atoms with Crippen LogP contribution in [-0.4, -0.2) is 19.0 Å². The molecule has 0 spiro atoms. The number of hydrogen-bond donors (Lipinski definition) is 2. The molecule has 1 aliphatic carbocycles. The summed E-state index contributed by atoms with van der Waals surface area (Å²) < 4.78 is 13.5. The van der Waals surface area contributed by atoms with E-state index in [9.17, 15) is 9.18 Å². The summed E-state index contributed by atoms with van der Waals surface area (Å²) in [5, 5.41) is 5.92. The van der Waals surface area contributed by atoms with Crippen LogP contribution in [0.2, 0.25) is 0 Å². The first-order valence-electron chi connectivity index (χ1n) is 6.06. The van der Waals surface area contributed by atoms with E-state index in [1.807, 2.05) is 0 Å². The lowest BCUT2D eigenvalue weighted by atomic mass is 10.2. The average Bonchev–Trinajstić information content (AvgIpc) is 3.12. The molecule has 0 unspecified atom stereocenters. The smallest absolute Gasteiger partial charge is 0.234 e. The molecule has 3 nitrogen and oxygen atoms in total. The monoisotopic (exact) mass is 314 g/mol. The molecule has 1 aromatic carbocycles. The van der Waals surface area contributed by atoms with E-state index in [1.165, 1.54) is 25.0 Å². The van der Waals surface area contributed by atoms with Gasteiger partial charge in [0.1, 0.15) is 5.82 Å². The van der Waals surface area contributed by atoms with Crippen LogP contribution in [0.15, 0.2) is 22.7 Å². The molecule has 0 saturated heterocycles. The highest BCUT2D eigenvalue weighted by molar-refractivity contribution is 9.10. The summed E-state index contributed by atoms with van der Waals surface area (Å²) in [6.07, 6.45) is 2.55. The van der Waals surface area contributed by atoms with Crippen molar-refractivity contribution in [2.45, 2.75) is 19.4 Å². The molecular weight excluding hydrogens is 299 g/mol. The van der Waals surface area contributed by atoms with E-state index in [-0.39, 0.29) is 11.7 Å². The molecule has 18 heavy (non-hydrogen) atoms. The molecule has 98 valence electrons. The second kappa shape index (κ2) is 6.29. The van der Waals surface area contributed by atoms with Crippen molar-refractivity contribution in [2.24, 2.45) is 5.92 Å². The fraction of sp³-hybridized carbons (Fsp3) is 0.462. The van der Waals surface area contributed by atoms with Gasteiger partial charge in [0.25, 0.3) is 0 Å². The Morgan fingerprint density at radius 1 is 1.44 bits per heavy atom. The molecule has 1 aliphatic rings. The Morgan fingerprint density at radius 3 is 2.89 bits per heavy atom. The van der Waals surface area contributed by atoms with E-state index in [2.05, 4.69) is 26.6 Å². The molecule has 0 radical (unpaired) electrons. The van der Waals surface area contributed by atoms with Gasteiger partial charge in [-0.1, -0.05) is 22.0 Å². The van der Waals surface area contributed by atoms with Gasteiger partial charge in [-0.2, -0.15) is 0 Å². The van der Waals surface area contributed by atoms with E-state index in [0.29, 0.717) is 17.6 Å². The third kappa shape index (κ3) is 4.38. The van der Waals surface area contributed by atoms with Crippen molar-refractivity contribution in [3.8, 4) is 0 Å². The van der Waals surface area contributed by atoms with Crippen molar-refractivity contribution in [2.75, 3.05) is 13.1 Å². The summed E-state index contributed by atoms with van der Waals surface area (Å²) in [6, 6.07) is 4.45. The van der Waals surface area contributed by atoms with E-state index in [1.54, 1.807) is 6.07 Å². The van der Waals surface area contributed by atoms with Crippen LogP contribution in [0.4, 0.5) is 4.39 Å². The largest absolute Gasteiger partial charge is 0.351 e. The first kappa shape index (κ1) is 13.5. The summed E-state index contributed by atoms with van der Waals surface area (Å²) in [5.41, 5.74) is 0.868. The number of rotatable bonds is 6. The second-order valence-electron chi connectivity index (χ2n) is 4.59. The van der Waals surface area contributed by atoms with Crippen molar-refractivity contribution >= 4 is 21.8 Å². The topological polar surface area (TPSA) is 41.1 Å². The van der Waals surface area contributed by atoms with Crippen molar-refractivity contribution < 1.29 is 9.18 Å². The van der Waals surface area contributed by atoms with Gasteiger partial charge in [0.15, 0.2) is 0 Å². The Kier molecular flexibility index (Phi) is 4.72. The van der Waals surface area contributed by atoms with Gasteiger partial charge in [-0.05, 0) is 43.0 Å². The number of carbonyl (C=O) groups is 1. The molecule has 0 bridgehead atoms. The molecule has 0 atom stereocenters. The van der Waals surface area contributed by atoms with Crippen molar-refractivity contribution in [3.63, 3.8) is 0 Å². The lowest BCUT2D eigenvalue weighted by Crippen LogP contribution is -2.34. The van der Waals surface area contributed by atoms with Crippen LogP contribution in [0, 0.1) is 11.7 Å². The van der Waals surface area contributed by atoms with Crippen LogP contribution in [0.3, 0.4) is 0 Å². The number of nitrogens with one attached hydrogen (secondary N) is 2. The van der Waals surface area contributed by atoms with E-state index < -0.39 is 0 Å². The maximum atomic E-state index is 12.9. The van der Waals surface area contributed by atoms with Gasteiger partial charge in [0.2, 0.25) is 5.91 Å². The van der Waals surface area contributed by atoms with Gasteiger partial charge < -0.3 is 10.6 Å². The minimum atomic E-state index is -0.289. The van der Waals surface area contributed by atoms with Gasteiger partial charge in [-0.25, -0.2) is 4.39 Å². The number of benzene rings is 1. The van der Waals surface area contributed by atoms with E-state index >= 15 is 0 Å². The molecule has 1 saturated carbocycles. The van der Waals surface area contributed by atoms with Gasteiger partial charge >= 0.3 is 0 Å². The van der Waals surface area contributed by atoms with E-state index in [0.717, 1.165) is 18.0 Å². The highest BCUT2D eigenvalue weighted by Crippen LogP contribution is 2.27. The molecule has 1 amide bonds. The molecule has 0 heterocycles. The summed E-state index contributed by atoms with van der Waals surface area (Å²) in [6.45, 7) is 1.67. The number of carbonyl (C=O) groups excluding carboxylic acids is 1. The molecule has 0 aromatic heterocycles. The molecular formula is C13H16BrFN2O. The lowest BCUT2D eigenvalue weighted by molar-refractivity contribution is -0.120. The van der Waals surface area contributed by atoms with Gasteiger partial charge in [-0.15, -0.1) is 0 Å². The van der Waals surface area contributed by atoms with Crippen LogP contribution in [-0.2, 0) is 11.3 Å². The average molecular weight is 315 g/mol. The van der Waals surface area contributed by atoms with Gasteiger partial charge in [-0.3, -0.25) is 4.79 Å². The van der Waals surface area contributed by atoms with Crippen LogP contribution in [0.1, 0.15) is 18.4 Å². The first-order chi connectivity index (χ1) is 8.65. The normalized spacial score (nSPS) is 14.6. The minimum Gasteiger partial charge on any atom is -0.351 e. The Morgan fingerprint density at radius 2 is 2.22 bits per heavy atom. The zero-order valence-electron chi connectivity index (χ0n) is 10.0. The predicted molar refractivity (Wildman–Crippen MR) is 71.5 cm³/mol. The second-order valence-corrected chi connectivity index (χ2v) is 5.44. The van der Waals surface area contributed by atoms with Crippen LogP contribution >= 0.6 is 15.9 Å². The standard InChI is InChI=1S/C13H16BrFN2O/c14-12-5-11(15)4-3-10(12)7-17-13(18)8-16-6-9-1-2-9/h3-5,9,16H,1-2,6-8H2,(H,17,18). The van der Waals surface area contributed by atoms with Crippen molar-refractivity contribution in [3.05, 3.63) is 34.1 Å². The molecule has 0 aliphatic heterocycles. The van der Waals surface area contributed by atoms with Crippen molar-refractivity contribution in [1.29, 1.82) is 0 Å². The Hall–Kier alpha value is -0.940. The quantitative estimate of drug-likeness (QED) is 0.845. The zero-order chi connectivity index (χ0) is 13.0. The molecule has 5 heteroatoms. The number of amides is 1. The molecule has 1 fully saturated rings. The van der Waals surface area contributed by atoms with Crippen LogP contribution < -0.4 is 10.6 Å². The van der Waals surface area contributed by atoms with Crippen molar-refractivity contribution in [1.82, 2.24) is 10.6 Å². The molecule has 2 rings (SSSR count). The number of halogens is 2. The summed E-state index contributed by atoms with van der Waals surface area (Å²) in [5.74, 6) is 0.443. The molecule has 2 N–H and O–H groups in total. The maximum absolute atomic E-state index is 12.9. The third-order valence-corrected chi connectivity index (χ3v) is 3.64. The Labute approximate surface area is 114 Å². The maximum Gasteiger partial charge on any atom is 0.234 e. The fourth-order valence-electron chi connectivity index (χ4n) is 1.63. The highest BCUT2D eigenvalue weighted by atomic mass is 79.9. The van der Waals surface area contributed by atoms with E-state index in [4.69, 9.17) is 0 Å². The Bertz CT molecular complexity index is 435. The first-order valence-corrected chi connectivity index (χ1v) is 6.86. The lowest BCUT2D eigenvalue weighted by Gasteiger charge is -2.08. The number of hydrogen-bond acceptors (Lipinski definition) is 2. The van der Waals surface area contributed by atoms with Crippen LogP contribution in [0.5, 0.6) is 0 Å².